The number of nitriles is 1. The van der Waals surface area contributed by atoms with Gasteiger partial charge < -0.3 is 14.8 Å². The molecule has 0 radical (unpaired) electrons. The largest absolute Gasteiger partial charge is 0.497 e. The second-order valence-electron chi connectivity index (χ2n) is 7.03. The van der Waals surface area contributed by atoms with E-state index in [2.05, 4.69) is 20.2 Å². The van der Waals surface area contributed by atoms with Crippen molar-refractivity contribution in [3.05, 3.63) is 77.4 Å². The molecule has 0 saturated heterocycles. The Kier molecular flexibility index (Phi) is 7.35. The molecule has 0 bridgehead atoms. The molecular formula is C23H24FN5O2. The number of anilines is 1. The second kappa shape index (κ2) is 10.4. The number of methoxy groups -OCH3 is 2. The summed E-state index contributed by atoms with van der Waals surface area (Å²) in [6.07, 6.45) is 2.92. The quantitative estimate of drug-likeness (QED) is 0.563. The van der Waals surface area contributed by atoms with Crippen LogP contribution in [0.2, 0.25) is 0 Å². The Labute approximate surface area is 181 Å². The van der Waals surface area contributed by atoms with Gasteiger partial charge in [-0.2, -0.15) is 5.26 Å². The monoisotopic (exact) mass is 421 g/mol. The zero-order valence-corrected chi connectivity index (χ0v) is 17.7. The predicted octanol–water partition coefficient (Wildman–Crippen LogP) is 3.79. The number of hydrogen-bond acceptors (Lipinski definition) is 7. The molecule has 1 heterocycles. The molecule has 0 spiro atoms. The Balaban J connectivity index is 1.78. The first-order valence-electron chi connectivity index (χ1n) is 9.66. The SMILES string of the molecule is COc1ccc(CN(C)CC(Nc2ncc(C#N)cn2)c2ccc(F)cc2)c(OC)c1. The van der Waals surface area contributed by atoms with E-state index in [-0.39, 0.29) is 11.9 Å². The number of nitrogens with zero attached hydrogens (tertiary/aromatic N) is 4. The van der Waals surface area contributed by atoms with Crippen LogP contribution in [0.4, 0.5) is 10.3 Å². The number of benzene rings is 2. The van der Waals surface area contributed by atoms with Gasteiger partial charge in [-0.3, -0.25) is 4.90 Å². The summed E-state index contributed by atoms with van der Waals surface area (Å²) in [5.41, 5.74) is 2.29. The van der Waals surface area contributed by atoms with E-state index in [1.807, 2.05) is 31.3 Å². The molecule has 7 nitrogen and oxygen atoms in total. The fourth-order valence-corrected chi connectivity index (χ4v) is 3.20. The molecular weight excluding hydrogens is 397 g/mol. The molecule has 0 aliphatic heterocycles. The second-order valence-corrected chi connectivity index (χ2v) is 7.03. The molecule has 3 aromatic rings. The standard InChI is InChI=1S/C23H24FN5O2/c1-29(14-18-6-9-20(30-2)10-22(18)31-3)15-21(17-4-7-19(24)8-5-17)28-23-26-12-16(11-25)13-27-23/h4-10,12-13,21H,14-15H2,1-3H3,(H,26,27,28). The van der Waals surface area contributed by atoms with Crippen LogP contribution in [0.3, 0.4) is 0 Å². The number of aromatic nitrogens is 2. The average molecular weight is 421 g/mol. The maximum absolute atomic E-state index is 13.4. The molecule has 1 atom stereocenters. The highest BCUT2D eigenvalue weighted by atomic mass is 19.1. The van der Waals surface area contributed by atoms with Crippen molar-refractivity contribution in [2.24, 2.45) is 0 Å². The van der Waals surface area contributed by atoms with Crippen molar-refractivity contribution in [3.8, 4) is 17.6 Å². The zero-order chi connectivity index (χ0) is 22.2. The zero-order valence-electron chi connectivity index (χ0n) is 17.7. The highest BCUT2D eigenvalue weighted by Gasteiger charge is 2.17. The van der Waals surface area contributed by atoms with Gasteiger partial charge in [0.15, 0.2) is 0 Å². The minimum absolute atomic E-state index is 0.206. The third-order valence-corrected chi connectivity index (χ3v) is 4.79. The summed E-state index contributed by atoms with van der Waals surface area (Å²) in [6, 6.07) is 13.8. The van der Waals surface area contributed by atoms with Crippen LogP contribution in [0.5, 0.6) is 11.5 Å². The van der Waals surface area contributed by atoms with E-state index in [0.717, 1.165) is 22.6 Å². The minimum atomic E-state index is -0.298. The van der Waals surface area contributed by atoms with Gasteiger partial charge in [-0.1, -0.05) is 18.2 Å². The van der Waals surface area contributed by atoms with Crippen LogP contribution in [0.1, 0.15) is 22.7 Å². The Morgan fingerprint density at radius 2 is 1.81 bits per heavy atom. The Morgan fingerprint density at radius 3 is 2.42 bits per heavy atom. The van der Waals surface area contributed by atoms with Crippen LogP contribution in [0.15, 0.2) is 54.9 Å². The van der Waals surface area contributed by atoms with Crippen LogP contribution in [-0.4, -0.2) is 42.7 Å². The van der Waals surface area contributed by atoms with Gasteiger partial charge >= 0.3 is 0 Å². The lowest BCUT2D eigenvalue weighted by Gasteiger charge is -2.26. The van der Waals surface area contributed by atoms with E-state index >= 15 is 0 Å². The molecule has 0 amide bonds. The molecule has 160 valence electrons. The third kappa shape index (κ3) is 5.90. The summed E-state index contributed by atoms with van der Waals surface area (Å²) in [4.78, 5) is 10.5. The van der Waals surface area contributed by atoms with E-state index in [4.69, 9.17) is 14.7 Å². The van der Waals surface area contributed by atoms with Crippen molar-refractivity contribution in [1.29, 1.82) is 5.26 Å². The fourth-order valence-electron chi connectivity index (χ4n) is 3.20. The van der Waals surface area contributed by atoms with E-state index in [0.29, 0.717) is 24.6 Å². The Morgan fingerprint density at radius 1 is 1.10 bits per heavy atom. The number of rotatable bonds is 9. The van der Waals surface area contributed by atoms with Crippen LogP contribution < -0.4 is 14.8 Å². The van der Waals surface area contributed by atoms with Gasteiger partial charge in [0.1, 0.15) is 23.4 Å². The smallest absolute Gasteiger partial charge is 0.223 e. The molecule has 1 unspecified atom stereocenters. The van der Waals surface area contributed by atoms with Gasteiger partial charge in [-0.05, 0) is 30.8 Å². The maximum Gasteiger partial charge on any atom is 0.223 e. The van der Waals surface area contributed by atoms with Gasteiger partial charge in [0.05, 0.1) is 38.2 Å². The summed E-state index contributed by atoms with van der Waals surface area (Å²) in [6.45, 7) is 1.21. The Bertz CT molecular complexity index is 1040. The Hall–Kier alpha value is -3.70. The van der Waals surface area contributed by atoms with E-state index in [1.165, 1.54) is 24.5 Å². The number of hydrogen-bond donors (Lipinski definition) is 1. The molecule has 0 saturated carbocycles. The minimum Gasteiger partial charge on any atom is -0.497 e. The number of ether oxygens (including phenoxy) is 2. The van der Waals surface area contributed by atoms with Gasteiger partial charge in [0.2, 0.25) is 5.95 Å². The molecule has 31 heavy (non-hydrogen) atoms. The molecule has 3 rings (SSSR count). The summed E-state index contributed by atoms with van der Waals surface area (Å²) in [5.74, 6) is 1.57. The lowest BCUT2D eigenvalue weighted by Crippen LogP contribution is -2.29. The maximum atomic E-state index is 13.4. The van der Waals surface area contributed by atoms with Gasteiger partial charge in [-0.15, -0.1) is 0 Å². The van der Waals surface area contributed by atoms with Gasteiger partial charge in [0, 0.05) is 24.7 Å². The molecule has 2 aromatic carbocycles. The normalized spacial score (nSPS) is 11.6. The summed E-state index contributed by atoms with van der Waals surface area (Å²) in [7, 11) is 5.23. The van der Waals surface area contributed by atoms with Crippen LogP contribution in [0, 0.1) is 17.1 Å². The first kappa shape index (κ1) is 22.0. The summed E-state index contributed by atoms with van der Waals surface area (Å²) < 4.78 is 24.2. The van der Waals surface area contributed by atoms with E-state index in [1.54, 1.807) is 26.4 Å². The number of halogens is 1. The van der Waals surface area contributed by atoms with Crippen molar-refractivity contribution >= 4 is 5.95 Å². The molecule has 1 N–H and O–H groups in total. The molecule has 8 heteroatoms. The lowest BCUT2D eigenvalue weighted by atomic mass is 10.1. The topological polar surface area (TPSA) is 83.3 Å². The fraction of sp³-hybridized carbons (Fsp3) is 0.261. The summed E-state index contributed by atoms with van der Waals surface area (Å²) in [5, 5.41) is 12.2. The number of likely N-dealkylation sites (N-methyl/N-ethyl adjacent to an activating group) is 1. The van der Waals surface area contributed by atoms with E-state index < -0.39 is 0 Å². The first-order chi connectivity index (χ1) is 15.0. The highest BCUT2D eigenvalue weighted by molar-refractivity contribution is 5.41. The van der Waals surface area contributed by atoms with Gasteiger partial charge in [-0.25, -0.2) is 14.4 Å². The molecule has 0 aliphatic carbocycles. The van der Waals surface area contributed by atoms with Crippen molar-refractivity contribution < 1.29 is 13.9 Å². The average Bonchev–Trinajstić information content (AvgIpc) is 2.80. The number of nitrogens with one attached hydrogen (secondary N) is 1. The lowest BCUT2D eigenvalue weighted by molar-refractivity contribution is 0.303. The van der Waals surface area contributed by atoms with Crippen LogP contribution in [-0.2, 0) is 6.54 Å². The van der Waals surface area contributed by atoms with Crippen LogP contribution >= 0.6 is 0 Å². The van der Waals surface area contributed by atoms with Crippen molar-refractivity contribution in [1.82, 2.24) is 14.9 Å². The van der Waals surface area contributed by atoms with Crippen LogP contribution in [0.25, 0.3) is 0 Å². The van der Waals surface area contributed by atoms with E-state index in [9.17, 15) is 4.39 Å². The van der Waals surface area contributed by atoms with Crippen molar-refractivity contribution in [3.63, 3.8) is 0 Å². The van der Waals surface area contributed by atoms with Crippen molar-refractivity contribution in [2.75, 3.05) is 33.1 Å². The predicted molar refractivity (Wildman–Crippen MR) is 115 cm³/mol. The molecule has 0 fully saturated rings. The van der Waals surface area contributed by atoms with Crippen molar-refractivity contribution in [2.45, 2.75) is 12.6 Å². The van der Waals surface area contributed by atoms with Gasteiger partial charge in [0.25, 0.3) is 0 Å². The third-order valence-electron chi connectivity index (χ3n) is 4.79. The first-order valence-corrected chi connectivity index (χ1v) is 9.66. The summed E-state index contributed by atoms with van der Waals surface area (Å²) >= 11 is 0. The molecule has 0 aliphatic rings. The highest BCUT2D eigenvalue weighted by Crippen LogP contribution is 2.26. The molecule has 1 aromatic heterocycles.